The van der Waals surface area contributed by atoms with Gasteiger partial charge in [-0.1, -0.05) is 279 Å². The van der Waals surface area contributed by atoms with E-state index in [1.165, 1.54) is 131 Å². The number of hydrogen-bond acceptors (Lipinski definition) is 10. The van der Waals surface area contributed by atoms with Gasteiger partial charge >= 0.3 is 0 Å². The minimum absolute atomic E-state index is 0.368. The molecule has 0 unspecified atom stereocenters. The third-order valence-electron chi connectivity index (χ3n) is 27.5. The van der Waals surface area contributed by atoms with Crippen LogP contribution in [0.3, 0.4) is 0 Å². The summed E-state index contributed by atoms with van der Waals surface area (Å²) in [6.07, 6.45) is 0. The van der Waals surface area contributed by atoms with Crippen molar-refractivity contribution in [1.29, 1.82) is 15.8 Å². The van der Waals surface area contributed by atoms with Gasteiger partial charge in [0.15, 0.2) is 5.69 Å². The van der Waals surface area contributed by atoms with Crippen LogP contribution in [0.15, 0.2) is 425 Å². The second kappa shape index (κ2) is 32.1. The van der Waals surface area contributed by atoms with Gasteiger partial charge in [0.05, 0.1) is 72.9 Å². The molecule has 0 radical (unpaired) electrons. The Morgan fingerprint density at radius 2 is 0.558 bits per heavy atom. The Bertz CT molecular complexity index is 9980. The molecule has 638 valence electrons. The molecular formula is C125H70N10S3. The summed E-state index contributed by atoms with van der Waals surface area (Å²) in [5.41, 5.74) is 22.0. The maximum absolute atomic E-state index is 10.1. The predicted molar refractivity (Wildman–Crippen MR) is 579 cm³/mol. The van der Waals surface area contributed by atoms with Crippen LogP contribution in [-0.2, 0) is 0 Å². The van der Waals surface area contributed by atoms with Crippen molar-refractivity contribution in [3.8, 4) is 91.4 Å². The normalized spacial score (nSPS) is 11.7. The Balaban J connectivity index is 0.000000105. The Hall–Kier alpha value is -18.1. The van der Waals surface area contributed by atoms with E-state index in [1.54, 1.807) is 0 Å². The molecule has 0 N–H and O–H groups in total. The second-order valence-corrected chi connectivity index (χ2v) is 38.3. The number of para-hydroxylation sites is 3. The summed E-state index contributed by atoms with van der Waals surface area (Å²) in [6, 6.07) is 157. The molecule has 0 saturated carbocycles. The number of benzene rings is 20. The average Bonchev–Trinajstić information content (AvgIpc) is 1.56. The highest BCUT2D eigenvalue weighted by Gasteiger charge is 2.25. The lowest BCUT2D eigenvalue weighted by atomic mass is 9.98. The zero-order chi connectivity index (χ0) is 91.3. The number of thiophene rings is 3. The molecular weight excluding hydrogens is 1740 g/mol. The lowest BCUT2D eigenvalue weighted by molar-refractivity contribution is 1.00. The van der Waals surface area contributed by atoms with Gasteiger partial charge in [-0.25, -0.2) is 19.9 Å². The van der Waals surface area contributed by atoms with Crippen molar-refractivity contribution in [2.24, 2.45) is 0 Å². The fraction of sp³-hybridized carbons (Fsp3) is 0. The Morgan fingerprint density at radius 1 is 0.203 bits per heavy atom. The standard InChI is InChI=1S/C44H25N3S.C43H24N4S.C38H21N3S/c45-26-32-25-43(46-38-13-7-6-11-33(32)38)47-39-18-14-29(27-8-2-1-3-9-27)22-35(39)36-23-30(15-19-40(36)47)31-17-20-41-37(24-31)44-34-12-5-4-10-28(34)16-21-42(44)48-41;44-25-37-32-12-6-7-13-36(32)45-43(46-37)47-38-18-14-28(26-8-2-1-3-9-26)22-33(38)34-23-29(15-19-39(34)47)30-17-20-40-35(24-30)42-31-11-5-4-10-27(31)16-21-41(42)48-40;39-22-25-21-36(40-32-14-5-3-9-26(25)32)41-33-18-17-24(20-31(33)37-27-10-2-1-8-23(27)16-19-34(37)41)28-12-7-13-30-29-11-4-6-15-35(29)42-38(28)30/h1-25H;1-24H;1-21H. The quantitative estimate of drug-likeness (QED) is 0.148. The average molecular weight is 1810 g/mol. The smallest absolute Gasteiger partial charge is 0.236 e. The summed E-state index contributed by atoms with van der Waals surface area (Å²) in [5, 5.41) is 54.9. The van der Waals surface area contributed by atoms with Crippen molar-refractivity contribution in [2.45, 2.75) is 0 Å². The van der Waals surface area contributed by atoms with Crippen LogP contribution in [0.4, 0.5) is 0 Å². The van der Waals surface area contributed by atoms with Crippen molar-refractivity contribution < 1.29 is 0 Å². The Kier molecular flexibility index (Phi) is 18.5. The van der Waals surface area contributed by atoms with Gasteiger partial charge in [-0.3, -0.25) is 13.7 Å². The number of fused-ring (bicyclic) bond motifs is 27. The van der Waals surface area contributed by atoms with Crippen molar-refractivity contribution in [3.63, 3.8) is 0 Å². The van der Waals surface area contributed by atoms with Gasteiger partial charge in [-0.15, -0.1) is 34.0 Å². The van der Waals surface area contributed by atoms with Crippen LogP contribution in [0.5, 0.6) is 0 Å². The van der Waals surface area contributed by atoms with Gasteiger partial charge in [0.25, 0.3) is 0 Å². The molecule has 0 aliphatic rings. The molecule has 13 heteroatoms. The first-order chi connectivity index (χ1) is 68.2. The van der Waals surface area contributed by atoms with E-state index in [0.29, 0.717) is 22.8 Å². The zero-order valence-corrected chi connectivity index (χ0v) is 76.1. The SMILES string of the molecule is N#Cc1cc(-n2c3ccc(-c4cccc5c4sc4ccccc45)cc3c3c4ccccc4ccc32)nc2ccccc12.N#Cc1cc(-n2c3ccc(-c4ccccc4)cc3c3cc(-c4ccc5sc6ccc7ccccc7c6c5c4)ccc32)nc2ccccc12.N#Cc1nc(-n2c3ccc(-c4ccccc4)cc3c3cc(-c4ccc5sc6ccc7ccccc7c6c5c4)ccc32)nc2ccccc12. The van der Waals surface area contributed by atoms with Gasteiger partial charge < -0.3 is 0 Å². The van der Waals surface area contributed by atoms with Crippen LogP contribution >= 0.6 is 34.0 Å². The first-order valence-electron chi connectivity index (χ1n) is 45.9. The fourth-order valence-electron chi connectivity index (χ4n) is 21.1. The summed E-state index contributed by atoms with van der Waals surface area (Å²) >= 11 is 5.56. The topological polar surface area (TPSA) is 138 Å². The van der Waals surface area contributed by atoms with Crippen LogP contribution in [0, 0.1) is 34.0 Å². The Labute approximate surface area is 801 Å². The summed E-state index contributed by atoms with van der Waals surface area (Å²) in [6.45, 7) is 0. The first-order valence-corrected chi connectivity index (χ1v) is 48.3. The number of nitriles is 3. The van der Waals surface area contributed by atoms with Crippen LogP contribution in [0.2, 0.25) is 0 Å². The van der Waals surface area contributed by atoms with E-state index in [2.05, 4.69) is 366 Å². The third kappa shape index (κ3) is 12.9. The van der Waals surface area contributed by atoms with Gasteiger partial charge in [0.1, 0.15) is 17.7 Å². The highest BCUT2D eigenvalue weighted by Crippen LogP contribution is 2.49. The van der Waals surface area contributed by atoms with Crippen molar-refractivity contribution in [1.82, 2.24) is 33.6 Å². The lowest BCUT2D eigenvalue weighted by Gasteiger charge is -2.10. The van der Waals surface area contributed by atoms with Crippen LogP contribution < -0.4 is 0 Å². The monoisotopic (exact) mass is 1810 g/mol. The van der Waals surface area contributed by atoms with E-state index >= 15 is 0 Å². The lowest BCUT2D eigenvalue weighted by Crippen LogP contribution is -2.03. The minimum Gasteiger partial charge on any atom is -0.294 e. The summed E-state index contributed by atoms with van der Waals surface area (Å²) < 4.78 is 14.3. The third-order valence-corrected chi connectivity index (χ3v) is 31.0. The van der Waals surface area contributed by atoms with Crippen LogP contribution in [-0.4, -0.2) is 33.6 Å². The number of nitrogens with zero attached hydrogens (tertiary/aromatic N) is 10. The Morgan fingerprint density at radius 3 is 1.06 bits per heavy atom. The molecule has 0 saturated heterocycles. The molecule has 0 bridgehead atoms. The fourth-order valence-corrected chi connectivity index (χ4v) is 24.6. The summed E-state index contributed by atoms with van der Waals surface area (Å²) in [4.78, 5) is 19.9. The number of aromatic nitrogens is 7. The van der Waals surface area contributed by atoms with E-state index in [9.17, 15) is 15.8 Å². The number of rotatable bonds is 8. The molecule has 9 aromatic heterocycles. The van der Waals surface area contributed by atoms with E-state index in [1.807, 2.05) is 125 Å². The maximum Gasteiger partial charge on any atom is 0.236 e. The molecule has 138 heavy (non-hydrogen) atoms. The molecule has 0 fully saturated rings. The molecule has 0 aliphatic carbocycles. The molecule has 20 aromatic carbocycles. The zero-order valence-electron chi connectivity index (χ0n) is 73.6. The van der Waals surface area contributed by atoms with Crippen LogP contribution in [0.25, 0.3) is 264 Å². The molecule has 10 nitrogen and oxygen atoms in total. The molecule has 9 heterocycles. The van der Waals surface area contributed by atoms with E-state index < -0.39 is 0 Å². The highest BCUT2D eigenvalue weighted by atomic mass is 32.1. The van der Waals surface area contributed by atoms with Crippen molar-refractivity contribution in [2.75, 3.05) is 0 Å². The van der Waals surface area contributed by atoms with Gasteiger partial charge in [-0.2, -0.15) is 15.8 Å². The van der Waals surface area contributed by atoms with E-state index in [4.69, 9.17) is 19.9 Å². The van der Waals surface area contributed by atoms with Gasteiger partial charge in [0, 0.05) is 109 Å². The van der Waals surface area contributed by atoms with E-state index in [0.717, 1.165) is 127 Å². The number of hydrogen-bond donors (Lipinski definition) is 0. The molecule has 0 aliphatic heterocycles. The predicted octanol–water partition coefficient (Wildman–Crippen LogP) is 33.9. The van der Waals surface area contributed by atoms with Gasteiger partial charge in [-0.05, 0) is 234 Å². The number of pyridine rings is 2. The minimum atomic E-state index is 0.368. The molecule has 29 rings (SSSR count). The maximum atomic E-state index is 10.1. The largest absolute Gasteiger partial charge is 0.294 e. The molecule has 29 aromatic rings. The second-order valence-electron chi connectivity index (χ2n) is 35.1. The van der Waals surface area contributed by atoms with Crippen molar-refractivity contribution >= 4 is 225 Å². The summed E-state index contributed by atoms with van der Waals surface area (Å²) in [5.74, 6) is 1.98. The van der Waals surface area contributed by atoms with E-state index in [-0.39, 0.29) is 0 Å². The molecule has 0 amide bonds. The van der Waals surface area contributed by atoms with Gasteiger partial charge in [0.2, 0.25) is 5.95 Å². The first kappa shape index (κ1) is 79.6. The van der Waals surface area contributed by atoms with Crippen molar-refractivity contribution in [3.05, 3.63) is 441 Å². The molecule has 0 atom stereocenters. The van der Waals surface area contributed by atoms with Crippen LogP contribution in [0.1, 0.15) is 16.8 Å². The highest BCUT2D eigenvalue weighted by molar-refractivity contribution is 7.27. The molecule has 0 spiro atoms. The summed E-state index contributed by atoms with van der Waals surface area (Å²) in [7, 11) is 0.